The summed E-state index contributed by atoms with van der Waals surface area (Å²) in [6, 6.07) is 12.0. The number of nitrogens with one attached hydrogen (secondary N) is 2. The van der Waals surface area contributed by atoms with Crippen LogP contribution < -0.4 is 15.4 Å². The molecule has 0 radical (unpaired) electrons. The van der Waals surface area contributed by atoms with Gasteiger partial charge in [-0.2, -0.15) is 0 Å². The summed E-state index contributed by atoms with van der Waals surface area (Å²) in [4.78, 5) is 17.3. The number of aromatic nitrogens is 1. The minimum Gasteiger partial charge on any atom is -0.493 e. The van der Waals surface area contributed by atoms with Gasteiger partial charge in [0.05, 0.1) is 22.4 Å². The number of amides is 1. The Labute approximate surface area is 166 Å². The maximum atomic E-state index is 13.4. The van der Waals surface area contributed by atoms with Gasteiger partial charge in [0.25, 0.3) is 5.91 Å². The molecule has 1 fully saturated rings. The molecule has 7 heteroatoms. The van der Waals surface area contributed by atoms with E-state index < -0.39 is 0 Å². The van der Waals surface area contributed by atoms with Crippen LogP contribution in [-0.4, -0.2) is 29.6 Å². The van der Waals surface area contributed by atoms with Crippen LogP contribution in [0.4, 0.5) is 9.52 Å². The monoisotopic (exact) mass is 399 g/mol. The number of benzene rings is 2. The first-order valence-corrected chi connectivity index (χ1v) is 10.3. The van der Waals surface area contributed by atoms with Crippen LogP contribution in [0.5, 0.6) is 5.75 Å². The molecule has 1 aliphatic rings. The molecule has 5 nitrogen and oxygen atoms in total. The van der Waals surface area contributed by atoms with E-state index in [0.29, 0.717) is 17.9 Å². The summed E-state index contributed by atoms with van der Waals surface area (Å²) >= 11 is 1.43. The van der Waals surface area contributed by atoms with Crippen molar-refractivity contribution in [1.82, 2.24) is 10.3 Å². The highest BCUT2D eigenvalue weighted by molar-refractivity contribution is 7.22. The second kappa shape index (κ2) is 8.14. The molecule has 28 heavy (non-hydrogen) atoms. The smallest absolute Gasteiger partial charge is 0.255 e. The summed E-state index contributed by atoms with van der Waals surface area (Å²) < 4.78 is 19.8. The molecule has 2 N–H and O–H groups in total. The molecule has 4 rings (SSSR count). The summed E-state index contributed by atoms with van der Waals surface area (Å²) in [5, 5.41) is 7.33. The zero-order valence-corrected chi connectivity index (χ0v) is 16.4. The molecule has 2 aromatic carbocycles. The number of halogens is 1. The number of hydrogen-bond acceptors (Lipinski definition) is 5. The van der Waals surface area contributed by atoms with E-state index >= 15 is 0 Å². The number of carbonyl (C=O) groups excluding carboxylic acids is 1. The number of rotatable bonds is 6. The molecule has 1 aromatic heterocycles. The molecule has 1 aliphatic carbocycles. The van der Waals surface area contributed by atoms with E-state index in [0.717, 1.165) is 34.6 Å². The van der Waals surface area contributed by atoms with Crippen molar-refractivity contribution in [2.45, 2.75) is 38.3 Å². The molecule has 0 spiro atoms. The van der Waals surface area contributed by atoms with Crippen molar-refractivity contribution in [2.24, 2.45) is 0 Å². The van der Waals surface area contributed by atoms with Gasteiger partial charge in [0.1, 0.15) is 11.6 Å². The van der Waals surface area contributed by atoms with Crippen LogP contribution in [0.25, 0.3) is 10.2 Å². The van der Waals surface area contributed by atoms with Gasteiger partial charge in [-0.25, -0.2) is 9.37 Å². The molecular weight excluding hydrogens is 377 g/mol. The fourth-order valence-electron chi connectivity index (χ4n) is 3.61. The van der Waals surface area contributed by atoms with Gasteiger partial charge in [0.15, 0.2) is 5.13 Å². The Hall–Kier alpha value is -2.67. The quantitative estimate of drug-likeness (QED) is 0.636. The number of para-hydroxylation sites is 1. The van der Waals surface area contributed by atoms with E-state index in [2.05, 4.69) is 15.6 Å². The minimum absolute atomic E-state index is 0.00549. The van der Waals surface area contributed by atoms with E-state index in [-0.39, 0.29) is 23.8 Å². The van der Waals surface area contributed by atoms with Crippen molar-refractivity contribution in [3.8, 4) is 5.75 Å². The van der Waals surface area contributed by atoms with Gasteiger partial charge in [-0.3, -0.25) is 4.79 Å². The van der Waals surface area contributed by atoms with E-state index in [9.17, 15) is 9.18 Å². The maximum absolute atomic E-state index is 13.4. The lowest BCUT2D eigenvalue weighted by atomic mass is 10.1. The fraction of sp³-hybridized carbons (Fsp3) is 0.333. The van der Waals surface area contributed by atoms with Gasteiger partial charge < -0.3 is 15.4 Å². The number of anilines is 1. The molecule has 0 saturated heterocycles. The van der Waals surface area contributed by atoms with Gasteiger partial charge >= 0.3 is 0 Å². The average Bonchev–Trinajstić information content (AvgIpc) is 3.28. The third-order valence-corrected chi connectivity index (χ3v) is 5.87. The topological polar surface area (TPSA) is 63.2 Å². The highest BCUT2D eigenvalue weighted by Crippen LogP contribution is 2.30. The van der Waals surface area contributed by atoms with Crippen LogP contribution in [0, 0.1) is 5.82 Å². The van der Waals surface area contributed by atoms with E-state index in [1.807, 2.05) is 25.1 Å². The van der Waals surface area contributed by atoms with E-state index in [4.69, 9.17) is 4.74 Å². The van der Waals surface area contributed by atoms with Crippen LogP contribution in [0.3, 0.4) is 0 Å². The maximum Gasteiger partial charge on any atom is 0.255 e. The normalized spacial score (nSPS) is 18.9. The molecule has 1 heterocycles. The Morgan fingerprint density at radius 3 is 2.93 bits per heavy atom. The number of nitrogens with zero attached hydrogens (tertiary/aromatic N) is 1. The molecule has 1 amide bonds. The number of hydrogen-bond donors (Lipinski definition) is 2. The van der Waals surface area contributed by atoms with Crippen molar-refractivity contribution in [3.05, 3.63) is 53.8 Å². The standard InChI is InChI=1S/C21H22FN3O2S/c1-2-27-18-9-4-3-6-14(18)20(26)23-15-7-5-8-16(15)24-21-25-17-11-10-13(22)12-19(17)28-21/h3-4,6,9-12,15-16H,2,5,7-8H2,1H3,(H,23,26)(H,24,25)/t15-,16-/m1/s1. The summed E-state index contributed by atoms with van der Waals surface area (Å²) in [5.74, 6) is 0.203. The number of ether oxygens (including phenoxy) is 1. The van der Waals surface area contributed by atoms with Gasteiger partial charge in [-0.05, 0) is 56.5 Å². The summed E-state index contributed by atoms with van der Waals surface area (Å²) in [6.07, 6.45) is 2.87. The average molecular weight is 399 g/mol. The molecule has 0 unspecified atom stereocenters. The lowest BCUT2D eigenvalue weighted by Gasteiger charge is -2.22. The van der Waals surface area contributed by atoms with Crippen molar-refractivity contribution >= 4 is 32.6 Å². The van der Waals surface area contributed by atoms with Crippen LogP contribution in [-0.2, 0) is 0 Å². The largest absolute Gasteiger partial charge is 0.493 e. The SMILES string of the molecule is CCOc1ccccc1C(=O)N[C@@H]1CCC[C@H]1Nc1nc2ccc(F)cc2s1. The number of carbonyl (C=O) groups is 1. The van der Waals surface area contributed by atoms with Gasteiger partial charge in [-0.1, -0.05) is 23.5 Å². The molecule has 1 saturated carbocycles. The van der Waals surface area contributed by atoms with Crippen molar-refractivity contribution in [2.75, 3.05) is 11.9 Å². The third kappa shape index (κ3) is 3.94. The first-order valence-electron chi connectivity index (χ1n) is 9.49. The Morgan fingerprint density at radius 1 is 1.25 bits per heavy atom. The number of fused-ring (bicyclic) bond motifs is 1. The van der Waals surface area contributed by atoms with Crippen LogP contribution >= 0.6 is 11.3 Å². The molecule has 3 aromatic rings. The third-order valence-electron chi connectivity index (χ3n) is 4.92. The highest BCUT2D eigenvalue weighted by atomic mass is 32.1. The summed E-state index contributed by atoms with van der Waals surface area (Å²) in [6.45, 7) is 2.41. The van der Waals surface area contributed by atoms with Gasteiger partial charge in [-0.15, -0.1) is 0 Å². The van der Waals surface area contributed by atoms with Gasteiger partial charge in [0, 0.05) is 12.1 Å². The predicted molar refractivity (Wildman–Crippen MR) is 110 cm³/mol. The zero-order chi connectivity index (χ0) is 19.5. The lowest BCUT2D eigenvalue weighted by Crippen LogP contribution is -2.43. The van der Waals surface area contributed by atoms with Crippen molar-refractivity contribution < 1.29 is 13.9 Å². The zero-order valence-electron chi connectivity index (χ0n) is 15.6. The Kier molecular flexibility index (Phi) is 5.43. The van der Waals surface area contributed by atoms with E-state index in [1.165, 1.54) is 23.5 Å². The van der Waals surface area contributed by atoms with E-state index in [1.54, 1.807) is 12.1 Å². The van der Waals surface area contributed by atoms with Crippen molar-refractivity contribution in [1.29, 1.82) is 0 Å². The fourth-order valence-corrected chi connectivity index (χ4v) is 4.56. The second-order valence-corrected chi connectivity index (χ2v) is 7.85. The van der Waals surface area contributed by atoms with Crippen LogP contribution in [0.1, 0.15) is 36.5 Å². The molecule has 0 bridgehead atoms. The Morgan fingerprint density at radius 2 is 2.07 bits per heavy atom. The van der Waals surface area contributed by atoms with Crippen LogP contribution in [0.2, 0.25) is 0 Å². The lowest BCUT2D eigenvalue weighted by molar-refractivity contribution is 0.0932. The number of thiazole rings is 1. The Bertz CT molecular complexity index is 991. The Balaban J connectivity index is 1.46. The summed E-state index contributed by atoms with van der Waals surface area (Å²) in [5.41, 5.74) is 1.32. The highest BCUT2D eigenvalue weighted by Gasteiger charge is 2.30. The van der Waals surface area contributed by atoms with Gasteiger partial charge in [0.2, 0.25) is 0 Å². The van der Waals surface area contributed by atoms with Crippen LogP contribution in [0.15, 0.2) is 42.5 Å². The minimum atomic E-state index is -0.262. The molecule has 2 atom stereocenters. The molecule has 146 valence electrons. The van der Waals surface area contributed by atoms with Crippen molar-refractivity contribution in [3.63, 3.8) is 0 Å². The first-order chi connectivity index (χ1) is 13.6. The molecular formula is C21H22FN3O2S. The summed E-state index contributed by atoms with van der Waals surface area (Å²) in [7, 11) is 0. The second-order valence-electron chi connectivity index (χ2n) is 6.82. The predicted octanol–water partition coefficient (Wildman–Crippen LogP) is 4.60. The first kappa shape index (κ1) is 18.7. The molecule has 0 aliphatic heterocycles.